The summed E-state index contributed by atoms with van der Waals surface area (Å²) in [4.78, 5) is 13.1. The van der Waals surface area contributed by atoms with E-state index in [2.05, 4.69) is 11.9 Å². The third kappa shape index (κ3) is 3.42. The summed E-state index contributed by atoms with van der Waals surface area (Å²) in [6, 6.07) is 7.89. The lowest BCUT2D eigenvalue weighted by molar-refractivity contribution is 0.328. The molecule has 1 aromatic rings. The summed E-state index contributed by atoms with van der Waals surface area (Å²) in [6.45, 7) is 2.88. The Morgan fingerprint density at radius 1 is 1.36 bits per heavy atom. The van der Waals surface area contributed by atoms with E-state index in [0.29, 0.717) is 13.2 Å². The first-order chi connectivity index (χ1) is 6.86. The summed E-state index contributed by atoms with van der Waals surface area (Å²) in [5, 5.41) is 0. The molecule has 0 aliphatic carbocycles. The van der Waals surface area contributed by atoms with Crippen LogP contribution in [0.1, 0.15) is 12.5 Å². The van der Waals surface area contributed by atoms with Crippen molar-refractivity contribution in [3.63, 3.8) is 0 Å². The molecule has 0 spiro atoms. The Labute approximate surface area is 83.4 Å². The van der Waals surface area contributed by atoms with Gasteiger partial charge in [0.15, 0.2) is 0 Å². The molecule has 0 unspecified atom stereocenters. The van der Waals surface area contributed by atoms with Crippen molar-refractivity contribution in [1.29, 1.82) is 0 Å². The van der Waals surface area contributed by atoms with Gasteiger partial charge in [0, 0.05) is 0 Å². The molecular formula is C11H13NO2. The molecule has 0 fully saturated rings. The second-order valence-electron chi connectivity index (χ2n) is 2.82. The number of ether oxygens (including phenoxy) is 1. The van der Waals surface area contributed by atoms with Crippen LogP contribution in [0, 0.1) is 0 Å². The molecule has 14 heavy (non-hydrogen) atoms. The largest absolute Gasteiger partial charge is 0.492 e. The predicted molar refractivity (Wildman–Crippen MR) is 54.3 cm³/mol. The van der Waals surface area contributed by atoms with Gasteiger partial charge in [-0.2, -0.15) is 0 Å². The minimum Gasteiger partial charge on any atom is -0.492 e. The van der Waals surface area contributed by atoms with Gasteiger partial charge < -0.3 is 4.74 Å². The van der Waals surface area contributed by atoms with Gasteiger partial charge in [-0.1, -0.05) is 19.1 Å². The number of aliphatic imine (C=N–C) groups is 1. The fraction of sp³-hybridized carbons (Fsp3) is 0.364. The Balaban J connectivity index is 2.39. The Hall–Kier alpha value is -1.60. The monoisotopic (exact) mass is 191 g/mol. The van der Waals surface area contributed by atoms with Gasteiger partial charge in [0.25, 0.3) is 0 Å². The third-order valence-corrected chi connectivity index (χ3v) is 1.87. The van der Waals surface area contributed by atoms with Crippen molar-refractivity contribution >= 4 is 6.08 Å². The molecule has 3 nitrogen and oxygen atoms in total. The van der Waals surface area contributed by atoms with Crippen LogP contribution in [-0.4, -0.2) is 19.2 Å². The second kappa shape index (κ2) is 5.95. The van der Waals surface area contributed by atoms with Gasteiger partial charge >= 0.3 is 0 Å². The summed E-state index contributed by atoms with van der Waals surface area (Å²) in [7, 11) is 0. The predicted octanol–water partition coefficient (Wildman–Crippen LogP) is 1.96. The molecule has 0 bridgehead atoms. The SMILES string of the molecule is CCc1ccc(OCCN=C=O)cc1. The molecule has 1 aromatic carbocycles. The lowest BCUT2D eigenvalue weighted by atomic mass is 10.2. The highest BCUT2D eigenvalue weighted by Crippen LogP contribution is 2.12. The molecule has 0 aliphatic heterocycles. The van der Waals surface area contributed by atoms with Gasteiger partial charge in [-0.05, 0) is 24.1 Å². The van der Waals surface area contributed by atoms with Crippen molar-refractivity contribution in [3.8, 4) is 5.75 Å². The van der Waals surface area contributed by atoms with E-state index in [1.165, 1.54) is 11.6 Å². The van der Waals surface area contributed by atoms with Crippen LogP contribution in [0.5, 0.6) is 5.75 Å². The van der Waals surface area contributed by atoms with E-state index in [0.717, 1.165) is 12.2 Å². The summed E-state index contributed by atoms with van der Waals surface area (Å²) < 4.78 is 5.33. The normalized spacial score (nSPS) is 9.21. The molecule has 0 saturated carbocycles. The van der Waals surface area contributed by atoms with E-state index < -0.39 is 0 Å². The summed E-state index contributed by atoms with van der Waals surface area (Å²) in [6.07, 6.45) is 2.49. The minimum absolute atomic E-state index is 0.360. The Bertz CT molecular complexity index is 313. The lowest BCUT2D eigenvalue weighted by Crippen LogP contribution is -2.00. The van der Waals surface area contributed by atoms with E-state index in [-0.39, 0.29) is 0 Å². The van der Waals surface area contributed by atoms with E-state index >= 15 is 0 Å². The van der Waals surface area contributed by atoms with Crippen LogP contribution in [-0.2, 0) is 11.2 Å². The molecular weight excluding hydrogens is 178 g/mol. The van der Waals surface area contributed by atoms with Crippen molar-refractivity contribution in [2.75, 3.05) is 13.2 Å². The first-order valence-corrected chi connectivity index (χ1v) is 4.62. The molecule has 0 aromatic heterocycles. The van der Waals surface area contributed by atoms with Crippen LogP contribution in [0.25, 0.3) is 0 Å². The molecule has 0 aliphatic rings. The minimum atomic E-state index is 0.360. The average molecular weight is 191 g/mol. The van der Waals surface area contributed by atoms with Crippen LogP contribution < -0.4 is 4.74 Å². The van der Waals surface area contributed by atoms with E-state index in [1.54, 1.807) is 0 Å². The van der Waals surface area contributed by atoms with E-state index in [1.807, 2.05) is 24.3 Å². The highest BCUT2D eigenvalue weighted by molar-refractivity contribution is 5.32. The average Bonchev–Trinajstić information content (AvgIpc) is 2.25. The van der Waals surface area contributed by atoms with E-state index in [9.17, 15) is 4.79 Å². The standard InChI is InChI=1S/C11H13NO2/c1-2-10-3-5-11(6-4-10)14-8-7-12-9-13/h3-6H,2,7-8H2,1H3. The van der Waals surface area contributed by atoms with Crippen LogP contribution in [0.3, 0.4) is 0 Å². The Morgan fingerprint density at radius 3 is 2.64 bits per heavy atom. The molecule has 0 atom stereocenters. The number of isocyanates is 1. The molecule has 1 rings (SSSR count). The van der Waals surface area contributed by atoms with Crippen LogP contribution in [0.4, 0.5) is 0 Å². The maximum atomic E-state index is 9.75. The zero-order chi connectivity index (χ0) is 10.2. The van der Waals surface area contributed by atoms with Crippen molar-refractivity contribution in [1.82, 2.24) is 0 Å². The summed E-state index contributed by atoms with van der Waals surface area (Å²) >= 11 is 0. The van der Waals surface area contributed by atoms with Crippen molar-refractivity contribution in [2.24, 2.45) is 4.99 Å². The zero-order valence-electron chi connectivity index (χ0n) is 8.19. The number of rotatable bonds is 5. The molecule has 0 N–H and O–H groups in total. The molecule has 0 amide bonds. The van der Waals surface area contributed by atoms with Gasteiger partial charge in [0.2, 0.25) is 6.08 Å². The zero-order valence-corrected chi connectivity index (χ0v) is 8.19. The highest BCUT2D eigenvalue weighted by atomic mass is 16.5. The summed E-state index contributed by atoms with van der Waals surface area (Å²) in [5.74, 6) is 0.809. The maximum Gasteiger partial charge on any atom is 0.235 e. The molecule has 74 valence electrons. The lowest BCUT2D eigenvalue weighted by Gasteiger charge is -2.04. The number of aryl methyl sites for hydroxylation is 1. The van der Waals surface area contributed by atoms with Crippen LogP contribution in [0.15, 0.2) is 29.3 Å². The molecule has 0 radical (unpaired) electrons. The number of hydrogen-bond acceptors (Lipinski definition) is 3. The fourth-order valence-corrected chi connectivity index (χ4v) is 1.08. The number of nitrogens with zero attached hydrogens (tertiary/aromatic N) is 1. The first kappa shape index (κ1) is 10.5. The van der Waals surface area contributed by atoms with Gasteiger partial charge in [0.1, 0.15) is 12.4 Å². The third-order valence-electron chi connectivity index (χ3n) is 1.87. The highest BCUT2D eigenvalue weighted by Gasteiger charge is 1.93. The summed E-state index contributed by atoms with van der Waals surface area (Å²) in [5.41, 5.74) is 1.28. The van der Waals surface area contributed by atoms with Crippen LogP contribution >= 0.6 is 0 Å². The van der Waals surface area contributed by atoms with Gasteiger partial charge in [-0.15, -0.1) is 0 Å². The molecule has 0 heterocycles. The Morgan fingerprint density at radius 2 is 2.07 bits per heavy atom. The quantitative estimate of drug-likeness (QED) is 0.405. The van der Waals surface area contributed by atoms with Crippen molar-refractivity contribution in [2.45, 2.75) is 13.3 Å². The number of hydrogen-bond donors (Lipinski definition) is 0. The van der Waals surface area contributed by atoms with Crippen LogP contribution in [0.2, 0.25) is 0 Å². The van der Waals surface area contributed by atoms with Gasteiger partial charge in [-0.3, -0.25) is 0 Å². The Kier molecular flexibility index (Phi) is 4.45. The van der Waals surface area contributed by atoms with Crippen molar-refractivity contribution < 1.29 is 9.53 Å². The fourth-order valence-electron chi connectivity index (χ4n) is 1.08. The topological polar surface area (TPSA) is 38.7 Å². The maximum absolute atomic E-state index is 9.75. The van der Waals surface area contributed by atoms with Crippen molar-refractivity contribution in [3.05, 3.63) is 29.8 Å². The van der Waals surface area contributed by atoms with E-state index in [4.69, 9.17) is 4.74 Å². The smallest absolute Gasteiger partial charge is 0.235 e. The van der Waals surface area contributed by atoms with Gasteiger partial charge in [-0.25, -0.2) is 9.79 Å². The molecule has 3 heteroatoms. The number of carbonyl (C=O) groups excluding carboxylic acids is 1. The second-order valence-corrected chi connectivity index (χ2v) is 2.82. The number of benzene rings is 1. The molecule has 0 saturated heterocycles. The van der Waals surface area contributed by atoms with Gasteiger partial charge in [0.05, 0.1) is 6.54 Å². The first-order valence-electron chi connectivity index (χ1n) is 4.62.